The van der Waals surface area contributed by atoms with Crippen molar-refractivity contribution in [3.05, 3.63) is 23.2 Å². The van der Waals surface area contributed by atoms with Crippen molar-refractivity contribution in [2.75, 3.05) is 25.9 Å². The summed E-state index contributed by atoms with van der Waals surface area (Å²) in [5.41, 5.74) is 0. The lowest BCUT2D eigenvalue weighted by Crippen LogP contribution is -2.33. The smallest absolute Gasteiger partial charge is 0.240 e. The number of halogens is 1. The molecule has 2 N–H and O–H groups in total. The summed E-state index contributed by atoms with van der Waals surface area (Å²) >= 11 is 7.57. The number of hydrogen-bond acceptors (Lipinski definition) is 4. The zero-order valence-corrected chi connectivity index (χ0v) is 14.5. The van der Waals surface area contributed by atoms with Gasteiger partial charge in [0.1, 0.15) is 0 Å². The Morgan fingerprint density at radius 3 is 2.90 bits per heavy atom. The Labute approximate surface area is 136 Å². The molecule has 7 heteroatoms. The molecular weight excluding hydrogens is 328 g/mol. The Balaban J connectivity index is 1.93. The lowest BCUT2D eigenvalue weighted by Gasteiger charge is -2.22. The molecule has 1 aliphatic heterocycles. The van der Waals surface area contributed by atoms with E-state index in [2.05, 4.69) is 10.0 Å². The quantitative estimate of drug-likeness (QED) is 0.776. The van der Waals surface area contributed by atoms with E-state index in [1.54, 1.807) is 12.1 Å². The molecule has 2 rings (SSSR count). The molecule has 0 spiro atoms. The van der Waals surface area contributed by atoms with E-state index < -0.39 is 10.0 Å². The second kappa shape index (κ2) is 7.83. The lowest BCUT2D eigenvalue weighted by molar-refractivity contribution is 0.358. The van der Waals surface area contributed by atoms with Gasteiger partial charge in [-0.2, -0.15) is 0 Å². The number of sulfonamides is 1. The predicted molar refractivity (Wildman–Crippen MR) is 88.6 cm³/mol. The van der Waals surface area contributed by atoms with E-state index in [9.17, 15) is 8.42 Å². The molecule has 0 saturated carbocycles. The van der Waals surface area contributed by atoms with Crippen LogP contribution in [0.2, 0.25) is 5.02 Å². The molecule has 1 fully saturated rings. The fourth-order valence-corrected chi connectivity index (χ4v) is 4.47. The largest absolute Gasteiger partial charge is 0.316 e. The first-order valence-corrected chi connectivity index (χ1v) is 10.2. The van der Waals surface area contributed by atoms with Crippen LogP contribution in [0, 0.1) is 5.92 Å². The van der Waals surface area contributed by atoms with Crippen LogP contribution >= 0.6 is 23.4 Å². The summed E-state index contributed by atoms with van der Waals surface area (Å²) in [5, 5.41) is 3.81. The standard InChI is InChI=1S/C14H21ClN2O2S2/c1-20-14-5-4-12(9-13(14)15)21(18,19)17-8-6-11-3-2-7-16-10-11/h4-5,9,11,16-17H,2-3,6-8,10H2,1H3. The maximum absolute atomic E-state index is 12.2. The minimum Gasteiger partial charge on any atom is -0.316 e. The second-order valence-corrected chi connectivity index (χ2v) is 8.22. The van der Waals surface area contributed by atoms with Gasteiger partial charge in [-0.15, -0.1) is 11.8 Å². The van der Waals surface area contributed by atoms with Crippen molar-refractivity contribution < 1.29 is 8.42 Å². The number of hydrogen-bond donors (Lipinski definition) is 2. The van der Waals surface area contributed by atoms with Crippen LogP contribution in [-0.2, 0) is 10.0 Å². The first-order valence-electron chi connectivity index (χ1n) is 7.07. The van der Waals surface area contributed by atoms with E-state index in [0.717, 1.165) is 24.4 Å². The molecule has 21 heavy (non-hydrogen) atoms. The highest BCUT2D eigenvalue weighted by molar-refractivity contribution is 7.98. The summed E-state index contributed by atoms with van der Waals surface area (Å²) in [6.45, 7) is 2.52. The van der Waals surface area contributed by atoms with Crippen LogP contribution in [0.1, 0.15) is 19.3 Å². The van der Waals surface area contributed by atoms with E-state index in [-0.39, 0.29) is 4.90 Å². The van der Waals surface area contributed by atoms with Crippen LogP contribution in [-0.4, -0.2) is 34.3 Å². The SMILES string of the molecule is CSc1ccc(S(=O)(=O)NCCC2CCCNC2)cc1Cl. The van der Waals surface area contributed by atoms with Crippen LogP contribution in [0.15, 0.2) is 28.0 Å². The van der Waals surface area contributed by atoms with E-state index >= 15 is 0 Å². The number of nitrogens with one attached hydrogen (secondary N) is 2. The van der Waals surface area contributed by atoms with Crippen LogP contribution in [0.5, 0.6) is 0 Å². The van der Waals surface area contributed by atoms with Gasteiger partial charge in [-0.25, -0.2) is 13.1 Å². The van der Waals surface area contributed by atoms with Crippen LogP contribution in [0.3, 0.4) is 0 Å². The third kappa shape index (κ3) is 4.86. The molecule has 1 unspecified atom stereocenters. The predicted octanol–water partition coefficient (Wildman–Crippen LogP) is 2.73. The summed E-state index contributed by atoms with van der Waals surface area (Å²) in [7, 11) is -3.47. The molecule has 1 aromatic rings. The van der Waals surface area contributed by atoms with Gasteiger partial charge in [0.15, 0.2) is 0 Å². The monoisotopic (exact) mass is 348 g/mol. The Morgan fingerprint density at radius 2 is 2.29 bits per heavy atom. The minimum absolute atomic E-state index is 0.229. The third-order valence-electron chi connectivity index (χ3n) is 3.68. The zero-order chi connectivity index (χ0) is 15.3. The van der Waals surface area contributed by atoms with Crippen LogP contribution in [0.25, 0.3) is 0 Å². The minimum atomic E-state index is -3.47. The Hall–Kier alpha value is -0.270. The van der Waals surface area contributed by atoms with Gasteiger partial charge in [-0.1, -0.05) is 11.6 Å². The molecular formula is C14H21ClN2O2S2. The Kier molecular flexibility index (Phi) is 6.37. The second-order valence-electron chi connectivity index (χ2n) is 5.20. The van der Waals surface area contributed by atoms with Gasteiger partial charge in [0, 0.05) is 11.4 Å². The van der Waals surface area contributed by atoms with Crippen molar-refractivity contribution in [2.24, 2.45) is 5.92 Å². The topological polar surface area (TPSA) is 58.2 Å². The number of rotatable bonds is 6. The highest BCUT2D eigenvalue weighted by atomic mass is 35.5. The van der Waals surface area contributed by atoms with E-state index in [1.807, 2.05) is 6.26 Å². The molecule has 0 amide bonds. The van der Waals surface area contributed by atoms with Crippen molar-refractivity contribution >= 4 is 33.4 Å². The van der Waals surface area contributed by atoms with E-state index in [4.69, 9.17) is 11.6 Å². The first-order chi connectivity index (χ1) is 10.0. The average Bonchev–Trinajstić information content (AvgIpc) is 2.48. The summed E-state index contributed by atoms with van der Waals surface area (Å²) in [6.07, 6.45) is 5.11. The molecule has 1 aromatic carbocycles. The molecule has 4 nitrogen and oxygen atoms in total. The van der Waals surface area contributed by atoms with E-state index in [0.29, 0.717) is 17.5 Å². The Morgan fingerprint density at radius 1 is 1.48 bits per heavy atom. The van der Waals surface area contributed by atoms with Gasteiger partial charge in [-0.3, -0.25) is 0 Å². The summed E-state index contributed by atoms with van der Waals surface area (Å²) < 4.78 is 27.1. The van der Waals surface area contributed by atoms with Gasteiger partial charge >= 0.3 is 0 Å². The van der Waals surface area contributed by atoms with Gasteiger partial charge in [-0.05, 0) is 62.7 Å². The highest BCUT2D eigenvalue weighted by Gasteiger charge is 2.17. The third-order valence-corrected chi connectivity index (χ3v) is 6.36. The van der Waals surface area contributed by atoms with E-state index in [1.165, 1.54) is 30.7 Å². The fraction of sp³-hybridized carbons (Fsp3) is 0.571. The van der Waals surface area contributed by atoms with Crippen molar-refractivity contribution in [2.45, 2.75) is 29.1 Å². The number of benzene rings is 1. The Bertz CT molecular complexity index is 572. The average molecular weight is 349 g/mol. The number of piperidine rings is 1. The summed E-state index contributed by atoms with van der Waals surface area (Å²) in [5.74, 6) is 0.559. The summed E-state index contributed by atoms with van der Waals surface area (Å²) in [6, 6.07) is 4.85. The molecule has 1 aliphatic rings. The highest BCUT2D eigenvalue weighted by Crippen LogP contribution is 2.27. The normalized spacial score (nSPS) is 19.6. The summed E-state index contributed by atoms with van der Waals surface area (Å²) in [4.78, 5) is 1.11. The van der Waals surface area contributed by atoms with Gasteiger partial charge < -0.3 is 5.32 Å². The molecule has 0 bridgehead atoms. The van der Waals surface area contributed by atoms with Gasteiger partial charge in [0.2, 0.25) is 10.0 Å². The molecule has 118 valence electrons. The molecule has 1 saturated heterocycles. The lowest BCUT2D eigenvalue weighted by atomic mass is 9.96. The van der Waals surface area contributed by atoms with Crippen molar-refractivity contribution in [1.82, 2.24) is 10.0 Å². The van der Waals surface area contributed by atoms with Gasteiger partial charge in [0.25, 0.3) is 0 Å². The maximum atomic E-state index is 12.2. The zero-order valence-electron chi connectivity index (χ0n) is 12.1. The number of thioether (sulfide) groups is 1. The van der Waals surface area contributed by atoms with Crippen LogP contribution in [0.4, 0.5) is 0 Å². The molecule has 0 radical (unpaired) electrons. The van der Waals surface area contributed by atoms with Crippen molar-refractivity contribution in [1.29, 1.82) is 0 Å². The maximum Gasteiger partial charge on any atom is 0.240 e. The molecule has 0 aliphatic carbocycles. The van der Waals surface area contributed by atoms with Crippen LogP contribution < -0.4 is 10.0 Å². The van der Waals surface area contributed by atoms with Gasteiger partial charge in [0.05, 0.1) is 9.92 Å². The molecule has 1 atom stereocenters. The molecule has 0 aromatic heterocycles. The molecule has 1 heterocycles. The fourth-order valence-electron chi connectivity index (χ4n) is 2.47. The van der Waals surface area contributed by atoms with Crippen molar-refractivity contribution in [3.63, 3.8) is 0 Å². The first kappa shape index (κ1) is 17.1. The van der Waals surface area contributed by atoms with Crippen molar-refractivity contribution in [3.8, 4) is 0 Å².